The molecule has 2 aromatic rings. The molecule has 2 aliphatic rings. The molecule has 0 saturated carbocycles. The van der Waals surface area contributed by atoms with Gasteiger partial charge in [0.25, 0.3) is 5.89 Å². The Hall–Kier alpha value is -2.19. The van der Waals surface area contributed by atoms with Gasteiger partial charge in [0.2, 0.25) is 5.91 Å². The van der Waals surface area contributed by atoms with Crippen molar-refractivity contribution in [2.45, 2.75) is 44.8 Å². The highest BCUT2D eigenvalue weighted by molar-refractivity contribution is 5.78. The molecule has 8 heteroatoms. The van der Waals surface area contributed by atoms with Gasteiger partial charge >= 0.3 is 0 Å². The molecule has 146 valence electrons. The highest BCUT2D eigenvalue weighted by atomic mass is 16.5. The molecule has 1 amide bonds. The molecular formula is C19H26N4O4. The van der Waals surface area contributed by atoms with E-state index >= 15 is 0 Å². The molecule has 0 spiro atoms. The normalized spacial score (nSPS) is 21.6. The predicted octanol–water partition coefficient (Wildman–Crippen LogP) is 2.08. The lowest BCUT2D eigenvalue weighted by Crippen LogP contribution is -2.40. The lowest BCUT2D eigenvalue weighted by Gasteiger charge is -2.30. The maximum Gasteiger partial charge on any atom is 0.255 e. The Balaban J connectivity index is 1.16. The third-order valence-corrected chi connectivity index (χ3v) is 5.25. The monoisotopic (exact) mass is 374 g/mol. The number of carbonyl (C=O) groups excluding carboxylic acids is 1. The topological polar surface area (TPSA) is 93.6 Å². The molecule has 0 radical (unpaired) electrons. The van der Waals surface area contributed by atoms with E-state index in [4.69, 9.17) is 13.7 Å². The maximum atomic E-state index is 12.4. The molecule has 4 heterocycles. The number of aromatic nitrogens is 2. The maximum absolute atomic E-state index is 12.4. The van der Waals surface area contributed by atoms with Gasteiger partial charge in [0.05, 0.1) is 12.8 Å². The van der Waals surface area contributed by atoms with Crippen molar-refractivity contribution in [3.63, 3.8) is 0 Å². The summed E-state index contributed by atoms with van der Waals surface area (Å²) in [7, 11) is 0. The van der Waals surface area contributed by atoms with Crippen LogP contribution in [0, 0.1) is 5.92 Å². The van der Waals surface area contributed by atoms with Gasteiger partial charge < -0.3 is 19.0 Å². The average molecular weight is 374 g/mol. The van der Waals surface area contributed by atoms with E-state index < -0.39 is 0 Å². The molecule has 2 aromatic heterocycles. The van der Waals surface area contributed by atoms with Crippen molar-refractivity contribution in [2.24, 2.45) is 5.92 Å². The zero-order chi connectivity index (χ0) is 18.5. The molecule has 4 rings (SSSR count). The first-order chi connectivity index (χ1) is 13.3. The third kappa shape index (κ3) is 4.75. The molecule has 2 aliphatic heterocycles. The van der Waals surface area contributed by atoms with Crippen LogP contribution < -0.4 is 5.32 Å². The number of likely N-dealkylation sites (tertiary alicyclic amines) is 1. The van der Waals surface area contributed by atoms with Crippen molar-refractivity contribution in [3.05, 3.63) is 35.9 Å². The second-order valence-corrected chi connectivity index (χ2v) is 7.22. The number of nitrogens with one attached hydrogen (secondary N) is 1. The zero-order valence-electron chi connectivity index (χ0n) is 15.4. The highest BCUT2D eigenvalue weighted by Gasteiger charge is 2.26. The van der Waals surface area contributed by atoms with E-state index in [1.54, 1.807) is 6.26 Å². The Morgan fingerprint density at radius 1 is 1.30 bits per heavy atom. The van der Waals surface area contributed by atoms with Crippen molar-refractivity contribution < 1.29 is 18.5 Å². The standard InChI is InChI=1S/C19H26N4O4/c24-18(14-6-9-23(10-7-14)13-15-3-1-11-25-15)20-8-5-17-21-19(27-22-17)16-4-2-12-26-16/h1,3,11,14,16H,2,4-10,12-13H2,(H,20,24). The van der Waals surface area contributed by atoms with E-state index in [1.807, 2.05) is 12.1 Å². The molecule has 1 atom stereocenters. The molecule has 1 N–H and O–H groups in total. The minimum Gasteiger partial charge on any atom is -0.468 e. The van der Waals surface area contributed by atoms with Crippen LogP contribution >= 0.6 is 0 Å². The highest BCUT2D eigenvalue weighted by Crippen LogP contribution is 2.26. The fourth-order valence-electron chi connectivity index (χ4n) is 3.69. The summed E-state index contributed by atoms with van der Waals surface area (Å²) in [5.41, 5.74) is 0. The molecule has 2 saturated heterocycles. The molecule has 0 aliphatic carbocycles. The quantitative estimate of drug-likeness (QED) is 0.793. The molecule has 0 bridgehead atoms. The number of nitrogens with zero attached hydrogens (tertiary/aromatic N) is 3. The number of hydrogen-bond donors (Lipinski definition) is 1. The van der Waals surface area contributed by atoms with Crippen molar-refractivity contribution in [3.8, 4) is 0 Å². The fraction of sp³-hybridized carbons (Fsp3) is 0.632. The second kappa shape index (κ2) is 8.67. The van der Waals surface area contributed by atoms with Crippen molar-refractivity contribution in [2.75, 3.05) is 26.2 Å². The van der Waals surface area contributed by atoms with Gasteiger partial charge in [-0.3, -0.25) is 9.69 Å². The summed E-state index contributed by atoms with van der Waals surface area (Å²) in [6, 6.07) is 3.89. The van der Waals surface area contributed by atoms with E-state index in [9.17, 15) is 4.79 Å². The zero-order valence-corrected chi connectivity index (χ0v) is 15.4. The van der Waals surface area contributed by atoms with Crippen molar-refractivity contribution in [1.82, 2.24) is 20.4 Å². The van der Waals surface area contributed by atoms with Gasteiger partial charge in [-0.2, -0.15) is 4.98 Å². The van der Waals surface area contributed by atoms with Crippen LogP contribution in [0.5, 0.6) is 0 Å². The van der Waals surface area contributed by atoms with Crippen LogP contribution in [0.2, 0.25) is 0 Å². The largest absolute Gasteiger partial charge is 0.468 e. The van der Waals surface area contributed by atoms with E-state index in [-0.39, 0.29) is 17.9 Å². The van der Waals surface area contributed by atoms with Crippen LogP contribution in [0.25, 0.3) is 0 Å². The van der Waals surface area contributed by atoms with Crippen molar-refractivity contribution >= 4 is 5.91 Å². The minimum atomic E-state index is -0.0628. The summed E-state index contributed by atoms with van der Waals surface area (Å²) in [6.07, 6.45) is 5.90. The first kappa shape index (κ1) is 18.2. The Morgan fingerprint density at radius 3 is 2.93 bits per heavy atom. The molecule has 2 fully saturated rings. The SMILES string of the molecule is O=C(NCCc1noc(C2CCCO2)n1)C1CCN(Cc2ccco2)CC1. The summed E-state index contributed by atoms with van der Waals surface area (Å²) in [5.74, 6) is 2.34. The number of carbonyl (C=O) groups is 1. The third-order valence-electron chi connectivity index (χ3n) is 5.25. The summed E-state index contributed by atoms with van der Waals surface area (Å²) in [6.45, 7) is 3.91. The number of ether oxygens (including phenoxy) is 1. The van der Waals surface area contributed by atoms with Gasteiger partial charge in [0, 0.05) is 25.5 Å². The Kier molecular flexibility index (Phi) is 5.84. The van der Waals surface area contributed by atoms with E-state index in [1.165, 1.54) is 0 Å². The molecule has 0 aromatic carbocycles. The first-order valence-electron chi connectivity index (χ1n) is 9.74. The average Bonchev–Trinajstić information content (AvgIpc) is 3.44. The van der Waals surface area contributed by atoms with Crippen LogP contribution in [0.3, 0.4) is 0 Å². The number of hydrogen-bond acceptors (Lipinski definition) is 7. The molecule has 1 unspecified atom stereocenters. The van der Waals surface area contributed by atoms with Gasteiger partial charge in [-0.25, -0.2) is 0 Å². The van der Waals surface area contributed by atoms with E-state index in [0.717, 1.165) is 57.7 Å². The van der Waals surface area contributed by atoms with Crippen LogP contribution in [-0.2, 0) is 22.5 Å². The summed E-state index contributed by atoms with van der Waals surface area (Å²) in [4.78, 5) is 19.1. The van der Waals surface area contributed by atoms with Gasteiger partial charge in [0.1, 0.15) is 11.9 Å². The number of rotatable bonds is 7. The van der Waals surface area contributed by atoms with Crippen LogP contribution in [0.15, 0.2) is 27.3 Å². The van der Waals surface area contributed by atoms with Gasteiger partial charge in [0.15, 0.2) is 5.82 Å². The number of furan rings is 1. The van der Waals surface area contributed by atoms with Gasteiger partial charge in [-0.05, 0) is 50.9 Å². The summed E-state index contributed by atoms with van der Waals surface area (Å²) < 4.78 is 16.2. The first-order valence-corrected chi connectivity index (χ1v) is 9.74. The lowest BCUT2D eigenvalue weighted by molar-refractivity contribution is -0.126. The Labute approximate surface area is 158 Å². The van der Waals surface area contributed by atoms with Crippen LogP contribution in [-0.4, -0.2) is 47.2 Å². The lowest BCUT2D eigenvalue weighted by atomic mass is 9.96. The minimum absolute atomic E-state index is 0.0628. The van der Waals surface area contributed by atoms with Gasteiger partial charge in [-0.15, -0.1) is 0 Å². The smallest absolute Gasteiger partial charge is 0.255 e. The van der Waals surface area contributed by atoms with Gasteiger partial charge in [-0.1, -0.05) is 5.16 Å². The Morgan fingerprint density at radius 2 is 2.19 bits per heavy atom. The summed E-state index contributed by atoms with van der Waals surface area (Å²) in [5, 5.41) is 6.99. The van der Waals surface area contributed by atoms with E-state index in [2.05, 4.69) is 20.4 Å². The Bertz CT molecular complexity index is 716. The predicted molar refractivity (Wildman–Crippen MR) is 95.6 cm³/mol. The van der Waals surface area contributed by atoms with Crippen LogP contribution in [0.1, 0.15) is 49.3 Å². The fourth-order valence-corrected chi connectivity index (χ4v) is 3.69. The molecule has 8 nitrogen and oxygen atoms in total. The second-order valence-electron chi connectivity index (χ2n) is 7.22. The molecular weight excluding hydrogens is 348 g/mol. The molecule has 27 heavy (non-hydrogen) atoms. The number of amides is 1. The van der Waals surface area contributed by atoms with Crippen LogP contribution in [0.4, 0.5) is 0 Å². The van der Waals surface area contributed by atoms with E-state index in [0.29, 0.717) is 24.7 Å². The van der Waals surface area contributed by atoms with Crippen molar-refractivity contribution in [1.29, 1.82) is 0 Å². The number of piperidine rings is 1. The summed E-state index contributed by atoms with van der Waals surface area (Å²) >= 11 is 0.